The molecule has 2 aromatic rings. The minimum atomic E-state index is -3.62. The Morgan fingerprint density at radius 2 is 2.00 bits per heavy atom. The lowest BCUT2D eigenvalue weighted by Gasteiger charge is -2.20. The third-order valence-electron chi connectivity index (χ3n) is 3.67. The van der Waals surface area contributed by atoms with Gasteiger partial charge in [-0.1, -0.05) is 29.3 Å². The fraction of sp³-hybridized carbons (Fsp3) is 0.333. The van der Waals surface area contributed by atoms with Crippen LogP contribution in [0.1, 0.15) is 16.5 Å². The Hall–Kier alpha value is -0.240. The average Bonchev–Trinajstić information content (AvgIpc) is 2.93. The van der Waals surface area contributed by atoms with Crippen LogP contribution in [0.5, 0.6) is 0 Å². The zero-order valence-electron chi connectivity index (χ0n) is 12.1. The van der Waals surface area contributed by atoms with Crippen molar-refractivity contribution < 1.29 is 8.42 Å². The zero-order valence-corrected chi connectivity index (χ0v) is 16.1. The van der Waals surface area contributed by atoms with Crippen LogP contribution in [0.25, 0.3) is 0 Å². The molecule has 3 rings (SSSR count). The van der Waals surface area contributed by atoms with Gasteiger partial charge in [-0.3, -0.25) is 0 Å². The molecule has 0 bridgehead atoms. The SMILES string of the molecule is O=S(=O)(c1cc(Cl)ccc1Cl)N1CCS[C@@H](c2cccs2)CC1. The lowest BCUT2D eigenvalue weighted by Crippen LogP contribution is -2.33. The van der Waals surface area contributed by atoms with Crippen LogP contribution in [-0.4, -0.2) is 31.6 Å². The summed E-state index contributed by atoms with van der Waals surface area (Å²) < 4.78 is 27.3. The van der Waals surface area contributed by atoms with Gasteiger partial charge in [0.2, 0.25) is 10.0 Å². The van der Waals surface area contributed by atoms with Crippen LogP contribution >= 0.6 is 46.3 Å². The third kappa shape index (κ3) is 3.89. The highest BCUT2D eigenvalue weighted by atomic mass is 35.5. The van der Waals surface area contributed by atoms with E-state index in [9.17, 15) is 8.42 Å². The van der Waals surface area contributed by atoms with Crippen molar-refractivity contribution in [2.45, 2.75) is 16.6 Å². The summed E-state index contributed by atoms with van der Waals surface area (Å²) in [4.78, 5) is 1.39. The topological polar surface area (TPSA) is 37.4 Å². The van der Waals surface area contributed by atoms with Crippen molar-refractivity contribution in [2.24, 2.45) is 0 Å². The Morgan fingerprint density at radius 1 is 1.17 bits per heavy atom. The Kier molecular flexibility index (Phi) is 5.61. The summed E-state index contributed by atoms with van der Waals surface area (Å²) in [5.41, 5.74) is 0. The molecule has 124 valence electrons. The van der Waals surface area contributed by atoms with Crippen molar-refractivity contribution in [3.8, 4) is 0 Å². The summed E-state index contributed by atoms with van der Waals surface area (Å²) >= 11 is 15.6. The van der Waals surface area contributed by atoms with Gasteiger partial charge in [-0.05, 0) is 36.1 Å². The van der Waals surface area contributed by atoms with Gasteiger partial charge in [0.15, 0.2) is 0 Å². The highest BCUT2D eigenvalue weighted by molar-refractivity contribution is 7.99. The molecule has 0 saturated carbocycles. The van der Waals surface area contributed by atoms with Crippen LogP contribution in [0.4, 0.5) is 0 Å². The average molecular weight is 408 g/mol. The van der Waals surface area contributed by atoms with Gasteiger partial charge >= 0.3 is 0 Å². The molecule has 1 aliphatic rings. The van der Waals surface area contributed by atoms with Crippen molar-refractivity contribution in [3.63, 3.8) is 0 Å². The van der Waals surface area contributed by atoms with Crippen LogP contribution in [0.2, 0.25) is 10.0 Å². The molecule has 3 nitrogen and oxygen atoms in total. The second-order valence-corrected chi connectivity index (χ2v) is 10.2. The van der Waals surface area contributed by atoms with E-state index in [-0.39, 0.29) is 9.92 Å². The van der Waals surface area contributed by atoms with Gasteiger partial charge in [0.1, 0.15) is 4.90 Å². The molecule has 1 atom stereocenters. The van der Waals surface area contributed by atoms with Crippen molar-refractivity contribution >= 4 is 56.3 Å². The molecule has 23 heavy (non-hydrogen) atoms. The van der Waals surface area contributed by atoms with Crippen molar-refractivity contribution in [2.75, 3.05) is 18.8 Å². The van der Waals surface area contributed by atoms with E-state index in [4.69, 9.17) is 23.2 Å². The first kappa shape index (κ1) is 17.6. The fourth-order valence-corrected chi connectivity index (χ4v) is 7.05. The van der Waals surface area contributed by atoms with E-state index in [1.807, 2.05) is 17.8 Å². The number of nitrogens with zero attached hydrogens (tertiary/aromatic N) is 1. The van der Waals surface area contributed by atoms with Crippen molar-refractivity contribution in [1.29, 1.82) is 0 Å². The normalized spacial score (nSPS) is 20.3. The number of hydrogen-bond donors (Lipinski definition) is 0. The minimum Gasteiger partial charge on any atom is -0.207 e. The standard InChI is InChI=1S/C15H15Cl2NO2S3/c16-11-3-4-12(17)15(10-11)23(19,20)18-6-5-14(22-9-7-18)13-2-1-8-21-13/h1-4,8,10,14H,5-7,9H2/t14-/m1/s1. The molecule has 2 heterocycles. The Morgan fingerprint density at radius 3 is 2.74 bits per heavy atom. The summed E-state index contributed by atoms with van der Waals surface area (Å²) in [6, 6.07) is 8.69. The van der Waals surface area contributed by atoms with Gasteiger partial charge in [0.05, 0.1) is 5.02 Å². The smallest absolute Gasteiger partial charge is 0.207 e. The van der Waals surface area contributed by atoms with E-state index in [0.717, 1.165) is 12.2 Å². The Balaban J connectivity index is 1.82. The highest BCUT2D eigenvalue weighted by Gasteiger charge is 2.30. The zero-order chi connectivity index (χ0) is 16.4. The monoisotopic (exact) mass is 407 g/mol. The molecule has 1 aromatic carbocycles. The van der Waals surface area contributed by atoms with E-state index in [1.54, 1.807) is 17.4 Å². The van der Waals surface area contributed by atoms with Crippen molar-refractivity contribution in [3.05, 3.63) is 50.6 Å². The molecule has 1 saturated heterocycles. The van der Waals surface area contributed by atoms with E-state index in [1.165, 1.54) is 21.3 Å². The minimum absolute atomic E-state index is 0.0891. The molecule has 0 amide bonds. The molecule has 0 unspecified atom stereocenters. The number of hydrogen-bond acceptors (Lipinski definition) is 4. The van der Waals surface area contributed by atoms with Crippen LogP contribution in [0.15, 0.2) is 40.6 Å². The number of benzene rings is 1. The number of rotatable bonds is 3. The molecule has 1 aromatic heterocycles. The Labute approximate surface area is 154 Å². The predicted octanol–water partition coefficient (Wildman–Crippen LogP) is 4.92. The van der Waals surface area contributed by atoms with E-state index in [2.05, 4.69) is 11.4 Å². The second-order valence-electron chi connectivity index (χ2n) is 5.14. The van der Waals surface area contributed by atoms with Crippen LogP contribution in [0.3, 0.4) is 0 Å². The molecule has 1 aliphatic heterocycles. The van der Waals surface area contributed by atoms with Gasteiger partial charge in [-0.25, -0.2) is 8.42 Å². The second kappa shape index (κ2) is 7.33. The van der Waals surface area contributed by atoms with Gasteiger partial charge in [-0.15, -0.1) is 11.3 Å². The maximum atomic E-state index is 12.9. The molecule has 1 fully saturated rings. The predicted molar refractivity (Wildman–Crippen MR) is 99.4 cm³/mol. The fourth-order valence-electron chi connectivity index (χ4n) is 2.51. The molecule has 8 heteroatoms. The van der Waals surface area contributed by atoms with Crippen LogP contribution < -0.4 is 0 Å². The molecule has 0 radical (unpaired) electrons. The molecule has 0 N–H and O–H groups in total. The highest BCUT2D eigenvalue weighted by Crippen LogP contribution is 2.38. The first-order chi connectivity index (χ1) is 11.0. The number of sulfonamides is 1. The number of thioether (sulfide) groups is 1. The van der Waals surface area contributed by atoms with Gasteiger partial charge in [0, 0.05) is 34.0 Å². The summed E-state index contributed by atoms with van der Waals surface area (Å²) in [7, 11) is -3.62. The summed E-state index contributed by atoms with van der Waals surface area (Å²) in [5.74, 6) is 0.764. The summed E-state index contributed by atoms with van der Waals surface area (Å²) in [6.45, 7) is 0.971. The lowest BCUT2D eigenvalue weighted by molar-refractivity contribution is 0.428. The van der Waals surface area contributed by atoms with E-state index in [0.29, 0.717) is 23.4 Å². The first-order valence-electron chi connectivity index (χ1n) is 7.08. The van der Waals surface area contributed by atoms with Gasteiger partial charge < -0.3 is 0 Å². The lowest BCUT2D eigenvalue weighted by atomic mass is 10.2. The van der Waals surface area contributed by atoms with Crippen molar-refractivity contribution in [1.82, 2.24) is 4.31 Å². The summed E-state index contributed by atoms with van der Waals surface area (Å²) in [5, 5.41) is 2.99. The largest absolute Gasteiger partial charge is 0.244 e. The van der Waals surface area contributed by atoms with Gasteiger partial charge in [0.25, 0.3) is 0 Å². The third-order valence-corrected chi connectivity index (χ3v) is 8.73. The maximum Gasteiger partial charge on any atom is 0.244 e. The van der Waals surface area contributed by atoms with E-state index >= 15 is 0 Å². The van der Waals surface area contributed by atoms with Gasteiger partial charge in [-0.2, -0.15) is 16.1 Å². The molecule has 0 aliphatic carbocycles. The maximum absolute atomic E-state index is 12.9. The Bertz CT molecular complexity index is 778. The number of thiophene rings is 1. The molecular formula is C15H15Cl2NO2S3. The first-order valence-corrected chi connectivity index (χ1v) is 11.2. The molecule has 0 spiro atoms. The van der Waals surface area contributed by atoms with E-state index < -0.39 is 10.0 Å². The van der Waals surface area contributed by atoms with Crippen LogP contribution in [-0.2, 0) is 10.0 Å². The summed E-state index contributed by atoms with van der Waals surface area (Å²) in [6.07, 6.45) is 0.794. The quantitative estimate of drug-likeness (QED) is 0.723. The van der Waals surface area contributed by atoms with Crippen LogP contribution in [0, 0.1) is 0 Å². The number of halogens is 2. The molecular weight excluding hydrogens is 393 g/mol.